The van der Waals surface area contributed by atoms with Crippen LogP contribution in [-0.2, 0) is 4.79 Å². The Kier molecular flexibility index (Phi) is 5.88. The van der Waals surface area contributed by atoms with Crippen LogP contribution >= 0.6 is 0 Å². The Labute approximate surface area is 155 Å². The molecule has 0 saturated carbocycles. The van der Waals surface area contributed by atoms with Crippen molar-refractivity contribution >= 4 is 17.3 Å². The SMILES string of the molecule is CC(Oc1ccc(F)c(F)c1)C(=O)Nc1cc(F)ccc1N1CCCCC1. The molecule has 0 aromatic heterocycles. The Balaban J connectivity index is 1.72. The average molecular weight is 378 g/mol. The van der Waals surface area contributed by atoms with E-state index in [1.165, 1.54) is 25.1 Å². The number of nitrogens with one attached hydrogen (secondary N) is 1. The minimum absolute atomic E-state index is 0.0343. The largest absolute Gasteiger partial charge is 0.481 e. The van der Waals surface area contributed by atoms with Gasteiger partial charge in [0.05, 0.1) is 11.4 Å². The average Bonchev–Trinajstić information content (AvgIpc) is 2.65. The van der Waals surface area contributed by atoms with Gasteiger partial charge in [0, 0.05) is 19.2 Å². The number of ether oxygens (including phenoxy) is 1. The number of halogens is 3. The van der Waals surface area contributed by atoms with Gasteiger partial charge in [-0.25, -0.2) is 13.2 Å². The Morgan fingerprint density at radius 2 is 1.78 bits per heavy atom. The third kappa shape index (κ3) is 4.72. The van der Waals surface area contributed by atoms with Gasteiger partial charge in [-0.2, -0.15) is 0 Å². The molecule has 144 valence electrons. The van der Waals surface area contributed by atoms with Crippen molar-refractivity contribution in [3.63, 3.8) is 0 Å². The minimum Gasteiger partial charge on any atom is -0.481 e. The van der Waals surface area contributed by atoms with E-state index < -0.39 is 29.5 Å². The summed E-state index contributed by atoms with van der Waals surface area (Å²) in [6, 6.07) is 7.32. The maximum Gasteiger partial charge on any atom is 0.265 e. The van der Waals surface area contributed by atoms with Gasteiger partial charge in [0.25, 0.3) is 5.91 Å². The molecule has 1 aliphatic rings. The van der Waals surface area contributed by atoms with E-state index in [1.807, 2.05) is 0 Å². The molecule has 1 saturated heterocycles. The molecule has 3 rings (SSSR count). The van der Waals surface area contributed by atoms with E-state index in [-0.39, 0.29) is 5.75 Å². The fourth-order valence-electron chi connectivity index (χ4n) is 3.06. The normalized spacial score (nSPS) is 15.3. The smallest absolute Gasteiger partial charge is 0.265 e. The second-order valence-corrected chi connectivity index (χ2v) is 6.53. The summed E-state index contributed by atoms with van der Waals surface area (Å²) < 4.78 is 45.4. The Morgan fingerprint density at radius 3 is 2.48 bits per heavy atom. The van der Waals surface area contributed by atoms with Crippen molar-refractivity contribution in [2.24, 2.45) is 0 Å². The molecule has 0 aliphatic carbocycles. The van der Waals surface area contributed by atoms with Crippen LogP contribution in [0, 0.1) is 17.5 Å². The third-order valence-electron chi connectivity index (χ3n) is 4.49. The van der Waals surface area contributed by atoms with E-state index in [9.17, 15) is 18.0 Å². The van der Waals surface area contributed by atoms with Crippen LogP contribution in [0.5, 0.6) is 5.75 Å². The number of rotatable bonds is 5. The number of hydrogen-bond acceptors (Lipinski definition) is 3. The van der Waals surface area contributed by atoms with Crippen LogP contribution in [0.3, 0.4) is 0 Å². The molecule has 2 aromatic rings. The van der Waals surface area contributed by atoms with Crippen molar-refractivity contribution in [1.82, 2.24) is 0 Å². The van der Waals surface area contributed by atoms with Crippen molar-refractivity contribution in [2.45, 2.75) is 32.3 Å². The first kappa shape index (κ1) is 19.1. The van der Waals surface area contributed by atoms with Gasteiger partial charge in [0.2, 0.25) is 0 Å². The summed E-state index contributed by atoms with van der Waals surface area (Å²) >= 11 is 0. The zero-order valence-corrected chi connectivity index (χ0v) is 15.0. The van der Waals surface area contributed by atoms with E-state index in [4.69, 9.17) is 4.74 Å². The number of carbonyl (C=O) groups is 1. The maximum absolute atomic E-state index is 13.7. The lowest BCUT2D eigenvalue weighted by Crippen LogP contribution is -2.33. The van der Waals surface area contributed by atoms with Gasteiger partial charge in [-0.1, -0.05) is 0 Å². The molecule has 0 bridgehead atoms. The number of piperidine rings is 1. The molecule has 1 aliphatic heterocycles. The van der Waals surface area contributed by atoms with Gasteiger partial charge in [0.1, 0.15) is 11.6 Å². The lowest BCUT2D eigenvalue weighted by atomic mass is 10.1. The van der Waals surface area contributed by atoms with Crippen LogP contribution in [0.2, 0.25) is 0 Å². The second kappa shape index (κ2) is 8.33. The predicted molar refractivity (Wildman–Crippen MR) is 97.5 cm³/mol. The fraction of sp³-hybridized carbons (Fsp3) is 0.350. The van der Waals surface area contributed by atoms with Crippen molar-refractivity contribution in [3.05, 3.63) is 53.8 Å². The first-order valence-electron chi connectivity index (χ1n) is 8.91. The van der Waals surface area contributed by atoms with Crippen molar-refractivity contribution in [1.29, 1.82) is 0 Å². The number of amides is 1. The number of hydrogen-bond donors (Lipinski definition) is 1. The van der Waals surface area contributed by atoms with E-state index in [2.05, 4.69) is 10.2 Å². The molecule has 2 aromatic carbocycles. The van der Waals surface area contributed by atoms with Crippen LogP contribution in [0.4, 0.5) is 24.5 Å². The maximum atomic E-state index is 13.7. The zero-order chi connectivity index (χ0) is 19.4. The van der Waals surface area contributed by atoms with Gasteiger partial charge in [-0.3, -0.25) is 4.79 Å². The zero-order valence-electron chi connectivity index (χ0n) is 15.0. The summed E-state index contributed by atoms with van der Waals surface area (Å²) in [5, 5.41) is 2.68. The van der Waals surface area contributed by atoms with E-state index in [1.54, 1.807) is 6.07 Å². The number of carbonyl (C=O) groups excluding carboxylic acids is 1. The molecular weight excluding hydrogens is 357 g/mol. The predicted octanol–water partition coefficient (Wildman–Crippen LogP) is 4.50. The lowest BCUT2D eigenvalue weighted by molar-refractivity contribution is -0.122. The fourth-order valence-corrected chi connectivity index (χ4v) is 3.06. The second-order valence-electron chi connectivity index (χ2n) is 6.53. The van der Waals surface area contributed by atoms with Crippen molar-refractivity contribution in [2.75, 3.05) is 23.3 Å². The summed E-state index contributed by atoms with van der Waals surface area (Å²) in [5.41, 5.74) is 1.12. The Morgan fingerprint density at radius 1 is 1.04 bits per heavy atom. The highest BCUT2D eigenvalue weighted by Gasteiger charge is 2.20. The van der Waals surface area contributed by atoms with E-state index >= 15 is 0 Å². The molecular formula is C20H21F3N2O2. The summed E-state index contributed by atoms with van der Waals surface area (Å²) in [4.78, 5) is 14.6. The Hall–Kier alpha value is -2.70. The summed E-state index contributed by atoms with van der Waals surface area (Å²) in [5.74, 6) is -2.99. The minimum atomic E-state index is -1.06. The topological polar surface area (TPSA) is 41.6 Å². The van der Waals surface area contributed by atoms with E-state index in [0.29, 0.717) is 5.69 Å². The Bertz CT molecular complexity index is 823. The van der Waals surface area contributed by atoms with Gasteiger partial charge < -0.3 is 15.0 Å². The highest BCUT2D eigenvalue weighted by atomic mass is 19.2. The van der Waals surface area contributed by atoms with E-state index in [0.717, 1.165) is 50.2 Å². The third-order valence-corrected chi connectivity index (χ3v) is 4.49. The molecule has 27 heavy (non-hydrogen) atoms. The molecule has 1 amide bonds. The van der Waals surface area contributed by atoms with Crippen LogP contribution in [0.25, 0.3) is 0 Å². The molecule has 1 atom stereocenters. The molecule has 1 N–H and O–H groups in total. The van der Waals surface area contributed by atoms with Gasteiger partial charge in [-0.15, -0.1) is 0 Å². The lowest BCUT2D eigenvalue weighted by Gasteiger charge is -2.30. The quantitative estimate of drug-likeness (QED) is 0.833. The molecule has 1 unspecified atom stereocenters. The van der Waals surface area contributed by atoms with Crippen LogP contribution in [0.1, 0.15) is 26.2 Å². The van der Waals surface area contributed by atoms with Crippen LogP contribution in [-0.4, -0.2) is 25.1 Å². The molecule has 0 radical (unpaired) electrons. The summed E-state index contributed by atoms with van der Waals surface area (Å²) in [6.07, 6.45) is 2.26. The highest BCUT2D eigenvalue weighted by molar-refractivity contribution is 5.97. The highest BCUT2D eigenvalue weighted by Crippen LogP contribution is 2.29. The van der Waals surface area contributed by atoms with Crippen LogP contribution in [0.15, 0.2) is 36.4 Å². The summed E-state index contributed by atoms with van der Waals surface area (Å²) in [6.45, 7) is 3.17. The molecule has 1 fully saturated rings. The monoisotopic (exact) mass is 378 g/mol. The van der Waals surface area contributed by atoms with Crippen molar-refractivity contribution in [3.8, 4) is 5.75 Å². The van der Waals surface area contributed by atoms with Crippen molar-refractivity contribution < 1.29 is 22.7 Å². The standard InChI is InChI=1S/C20H21F3N2O2/c1-13(27-15-6-7-16(22)17(23)12-15)20(26)24-18-11-14(21)5-8-19(18)25-9-3-2-4-10-25/h5-8,11-13H,2-4,9-10H2,1H3,(H,24,26). The molecule has 0 spiro atoms. The van der Waals surface area contributed by atoms with Crippen LogP contribution < -0.4 is 15.0 Å². The van der Waals surface area contributed by atoms with Gasteiger partial charge in [-0.05, 0) is 56.5 Å². The molecule has 7 heteroatoms. The summed E-state index contributed by atoms with van der Waals surface area (Å²) in [7, 11) is 0. The van der Waals surface area contributed by atoms with Gasteiger partial charge in [0.15, 0.2) is 17.7 Å². The molecule has 1 heterocycles. The number of anilines is 2. The number of benzene rings is 2. The first-order chi connectivity index (χ1) is 12.9. The van der Waals surface area contributed by atoms with Gasteiger partial charge >= 0.3 is 0 Å². The molecule has 4 nitrogen and oxygen atoms in total. The number of nitrogens with zero attached hydrogens (tertiary/aromatic N) is 1. The first-order valence-corrected chi connectivity index (χ1v) is 8.91.